The number of hydrogen-bond donors (Lipinski definition) is 0. The number of hydrogen-bond acceptors (Lipinski definition) is 4. The van der Waals surface area contributed by atoms with Crippen LogP contribution in [0, 0.1) is 12.8 Å². The van der Waals surface area contributed by atoms with E-state index in [1.165, 1.54) is 10.5 Å². The first-order chi connectivity index (χ1) is 15.5. The summed E-state index contributed by atoms with van der Waals surface area (Å²) >= 11 is 6.28. The van der Waals surface area contributed by atoms with Gasteiger partial charge in [0.25, 0.3) is 5.91 Å². The molecular formula is C26H23ClN2O3. The Labute approximate surface area is 192 Å². The van der Waals surface area contributed by atoms with Crippen molar-refractivity contribution in [1.82, 2.24) is 0 Å². The molecule has 5 rings (SSSR count). The molecule has 5 nitrogen and oxygen atoms in total. The summed E-state index contributed by atoms with van der Waals surface area (Å²) in [6.07, 6.45) is 0.0340. The Balaban J connectivity index is 1.59. The first kappa shape index (κ1) is 20.7. The highest BCUT2D eigenvalue weighted by Gasteiger charge is 2.60. The third kappa shape index (κ3) is 3.20. The van der Waals surface area contributed by atoms with Gasteiger partial charge in [-0.3, -0.25) is 14.4 Å². The molecule has 3 aromatic carbocycles. The number of amides is 2. The fourth-order valence-electron chi connectivity index (χ4n) is 4.58. The number of halogens is 1. The lowest BCUT2D eigenvalue weighted by Crippen LogP contribution is -2.37. The van der Waals surface area contributed by atoms with Crippen molar-refractivity contribution in [2.45, 2.75) is 32.4 Å². The molecule has 0 bridgehead atoms. The van der Waals surface area contributed by atoms with E-state index in [9.17, 15) is 9.59 Å². The largest absolute Gasteiger partial charge is 0.273 e. The van der Waals surface area contributed by atoms with Gasteiger partial charge in [0.05, 0.1) is 17.4 Å². The molecule has 3 atom stereocenters. The van der Waals surface area contributed by atoms with E-state index in [4.69, 9.17) is 16.4 Å². The smallest absolute Gasteiger partial charge is 0.266 e. The van der Waals surface area contributed by atoms with Crippen LogP contribution in [0.2, 0.25) is 5.02 Å². The Bertz CT molecular complexity index is 1180. The van der Waals surface area contributed by atoms with Crippen LogP contribution in [-0.2, 0) is 20.8 Å². The average molecular weight is 447 g/mol. The zero-order valence-corrected chi connectivity index (χ0v) is 18.6. The molecule has 2 aliphatic rings. The maximum atomic E-state index is 13.7. The molecule has 0 radical (unpaired) electrons. The summed E-state index contributed by atoms with van der Waals surface area (Å²) in [6.45, 7) is 3.91. The monoisotopic (exact) mass is 446 g/mol. The molecule has 2 heterocycles. The standard InChI is InChI=1S/C26H23ClN2O3/c1-3-17-12-14-18(15-13-17)23-22-24(32-29(23)19-8-5-4-6-9-19)26(31)28(25(22)30)21-11-7-10-20(27)16(21)2/h4-15,22-24H,3H2,1-2H3/t22-,23+,24+/m1/s1. The number of hydroxylamine groups is 1. The van der Waals surface area contributed by atoms with Crippen LogP contribution in [0.15, 0.2) is 72.8 Å². The summed E-state index contributed by atoms with van der Waals surface area (Å²) in [5, 5.41) is 2.23. The lowest BCUT2D eigenvalue weighted by Gasteiger charge is -2.29. The van der Waals surface area contributed by atoms with Crippen molar-refractivity contribution < 1.29 is 14.4 Å². The summed E-state index contributed by atoms with van der Waals surface area (Å²) in [5.74, 6) is -1.29. The Morgan fingerprint density at radius 2 is 1.62 bits per heavy atom. The normalized spacial score (nSPS) is 22.5. The second-order valence-electron chi connectivity index (χ2n) is 8.15. The zero-order chi connectivity index (χ0) is 22.4. The number of carbonyl (C=O) groups is 2. The van der Waals surface area contributed by atoms with Crippen molar-refractivity contribution >= 4 is 34.8 Å². The number of fused-ring (bicyclic) bond motifs is 1. The topological polar surface area (TPSA) is 49.9 Å². The van der Waals surface area contributed by atoms with Crippen molar-refractivity contribution in [1.29, 1.82) is 0 Å². The van der Waals surface area contributed by atoms with Gasteiger partial charge in [-0.25, -0.2) is 9.96 Å². The maximum Gasteiger partial charge on any atom is 0.266 e. The van der Waals surface area contributed by atoms with Crippen LogP contribution in [0.5, 0.6) is 0 Å². The van der Waals surface area contributed by atoms with Gasteiger partial charge >= 0.3 is 0 Å². The van der Waals surface area contributed by atoms with E-state index in [0.29, 0.717) is 16.3 Å². The van der Waals surface area contributed by atoms with Gasteiger partial charge in [0.1, 0.15) is 5.92 Å². The molecule has 0 aromatic heterocycles. The third-order valence-electron chi connectivity index (χ3n) is 6.34. The second kappa shape index (κ2) is 8.08. The highest BCUT2D eigenvalue weighted by Crippen LogP contribution is 2.48. The number of carbonyl (C=O) groups excluding carboxylic acids is 2. The molecule has 162 valence electrons. The number of benzene rings is 3. The van der Waals surface area contributed by atoms with Crippen molar-refractivity contribution in [2.24, 2.45) is 5.92 Å². The lowest BCUT2D eigenvalue weighted by atomic mass is 9.90. The SMILES string of the molecule is CCc1ccc([C@H]2[C@H]3C(=O)N(c4cccc(Cl)c4C)C(=O)[C@H]3ON2c2ccccc2)cc1. The number of aryl methyl sites for hydroxylation is 1. The molecule has 2 aliphatic heterocycles. The summed E-state index contributed by atoms with van der Waals surface area (Å²) < 4.78 is 0. The van der Waals surface area contributed by atoms with E-state index in [0.717, 1.165) is 17.7 Å². The van der Waals surface area contributed by atoms with Gasteiger partial charge in [-0.15, -0.1) is 0 Å². The molecule has 0 N–H and O–H groups in total. The molecule has 0 spiro atoms. The van der Waals surface area contributed by atoms with Crippen molar-refractivity contribution in [3.8, 4) is 0 Å². The van der Waals surface area contributed by atoms with Crippen LogP contribution >= 0.6 is 11.6 Å². The lowest BCUT2D eigenvalue weighted by molar-refractivity contribution is -0.126. The first-order valence-electron chi connectivity index (χ1n) is 10.7. The van der Waals surface area contributed by atoms with Crippen molar-refractivity contribution in [3.63, 3.8) is 0 Å². The van der Waals surface area contributed by atoms with E-state index < -0.39 is 18.1 Å². The van der Waals surface area contributed by atoms with E-state index >= 15 is 0 Å². The quantitative estimate of drug-likeness (QED) is 0.513. The Morgan fingerprint density at radius 3 is 2.31 bits per heavy atom. The van der Waals surface area contributed by atoms with Gasteiger partial charge in [-0.05, 0) is 54.3 Å². The maximum absolute atomic E-state index is 13.7. The number of anilines is 2. The highest BCUT2D eigenvalue weighted by molar-refractivity contribution is 6.32. The molecule has 0 aliphatic carbocycles. The molecular weight excluding hydrogens is 424 g/mol. The average Bonchev–Trinajstić information content (AvgIpc) is 3.33. The predicted octanol–water partition coefficient (Wildman–Crippen LogP) is 5.26. The molecule has 6 heteroatoms. The predicted molar refractivity (Wildman–Crippen MR) is 125 cm³/mol. The highest BCUT2D eigenvalue weighted by atomic mass is 35.5. The number of rotatable bonds is 4. The number of nitrogens with zero attached hydrogens (tertiary/aromatic N) is 2. The molecule has 2 fully saturated rings. The van der Waals surface area contributed by atoms with Crippen LogP contribution in [0.4, 0.5) is 11.4 Å². The van der Waals surface area contributed by atoms with Crippen molar-refractivity contribution in [3.05, 3.63) is 94.5 Å². The minimum atomic E-state index is -0.892. The first-order valence-corrected chi connectivity index (χ1v) is 11.1. The van der Waals surface area contributed by atoms with Crippen LogP contribution in [0.25, 0.3) is 0 Å². The molecule has 0 unspecified atom stereocenters. The van der Waals surface area contributed by atoms with Gasteiger partial charge in [0, 0.05) is 5.02 Å². The fourth-order valence-corrected chi connectivity index (χ4v) is 4.75. The Morgan fingerprint density at radius 1 is 0.906 bits per heavy atom. The van der Waals surface area contributed by atoms with Gasteiger partial charge in [0.2, 0.25) is 5.91 Å². The summed E-state index contributed by atoms with van der Waals surface area (Å²) in [6, 6.07) is 22.6. The molecule has 2 saturated heterocycles. The third-order valence-corrected chi connectivity index (χ3v) is 6.75. The summed E-state index contributed by atoms with van der Waals surface area (Å²) in [4.78, 5) is 34.6. The minimum absolute atomic E-state index is 0.270. The van der Waals surface area contributed by atoms with Crippen LogP contribution < -0.4 is 9.96 Å². The number of imide groups is 1. The van der Waals surface area contributed by atoms with Gasteiger partial charge < -0.3 is 0 Å². The Kier molecular flexibility index (Phi) is 5.24. The zero-order valence-electron chi connectivity index (χ0n) is 17.9. The Hall–Kier alpha value is -3.15. The fraction of sp³-hybridized carbons (Fsp3) is 0.231. The van der Waals surface area contributed by atoms with E-state index in [1.54, 1.807) is 23.3 Å². The molecule has 3 aromatic rings. The summed E-state index contributed by atoms with van der Waals surface area (Å²) in [7, 11) is 0. The van der Waals surface area contributed by atoms with E-state index in [1.807, 2.05) is 49.4 Å². The minimum Gasteiger partial charge on any atom is -0.273 e. The van der Waals surface area contributed by atoms with Crippen LogP contribution in [0.1, 0.15) is 29.7 Å². The second-order valence-corrected chi connectivity index (χ2v) is 8.56. The molecule has 2 amide bonds. The van der Waals surface area contributed by atoms with Gasteiger partial charge in [-0.1, -0.05) is 67.1 Å². The van der Waals surface area contributed by atoms with Crippen LogP contribution in [-0.4, -0.2) is 17.9 Å². The van der Waals surface area contributed by atoms with Crippen molar-refractivity contribution in [2.75, 3.05) is 9.96 Å². The van der Waals surface area contributed by atoms with Gasteiger partial charge in [0.15, 0.2) is 6.10 Å². The van der Waals surface area contributed by atoms with E-state index in [-0.39, 0.29) is 11.8 Å². The van der Waals surface area contributed by atoms with Crippen LogP contribution in [0.3, 0.4) is 0 Å². The molecule has 0 saturated carbocycles. The van der Waals surface area contributed by atoms with E-state index in [2.05, 4.69) is 19.1 Å². The van der Waals surface area contributed by atoms with Gasteiger partial charge in [-0.2, -0.15) is 0 Å². The summed E-state index contributed by atoms with van der Waals surface area (Å²) in [5.41, 5.74) is 4.15. The molecule has 32 heavy (non-hydrogen) atoms. The number of para-hydroxylation sites is 1.